The van der Waals surface area contributed by atoms with Gasteiger partial charge < -0.3 is 30.1 Å². The van der Waals surface area contributed by atoms with E-state index in [2.05, 4.69) is 49.1 Å². The highest BCUT2D eigenvalue weighted by Gasteiger charge is 2.36. The van der Waals surface area contributed by atoms with Crippen LogP contribution < -0.4 is 21.7 Å². The number of rotatable bonds is 7. The molecule has 16 heteroatoms. The fraction of sp³-hybridized carbons (Fsp3) is 0.528. The molecule has 278 valence electrons. The van der Waals surface area contributed by atoms with Gasteiger partial charge in [-0.1, -0.05) is 18.2 Å². The summed E-state index contributed by atoms with van der Waals surface area (Å²) in [5.74, 6) is 0.510. The number of ether oxygens (including phenoxy) is 1. The molecule has 0 radical (unpaired) electrons. The Morgan fingerprint density at radius 2 is 1.83 bits per heavy atom. The van der Waals surface area contributed by atoms with Crippen molar-refractivity contribution < 1.29 is 23.5 Å². The van der Waals surface area contributed by atoms with Crippen LogP contribution in [0.4, 0.5) is 24.5 Å². The van der Waals surface area contributed by atoms with Gasteiger partial charge in [-0.2, -0.15) is 5.10 Å². The number of para-hydroxylation sites is 1. The highest BCUT2D eigenvalue weighted by Crippen LogP contribution is 2.30. The number of aromatic amines is 1. The number of hydrazine groups is 2. The minimum Gasteiger partial charge on any atom is -0.444 e. The fourth-order valence-corrected chi connectivity index (χ4v) is 7.61. The normalized spacial score (nSPS) is 19.2. The Morgan fingerprint density at radius 3 is 2.58 bits per heavy atom. The number of aromatic nitrogens is 2. The van der Waals surface area contributed by atoms with E-state index in [0.29, 0.717) is 64.4 Å². The third-order valence-corrected chi connectivity index (χ3v) is 10.3. The quantitative estimate of drug-likeness (QED) is 0.240. The van der Waals surface area contributed by atoms with E-state index >= 15 is 0 Å². The molecule has 2 aromatic carbocycles. The number of carbonyl (C=O) groups is 3. The van der Waals surface area contributed by atoms with Crippen molar-refractivity contribution in [3.63, 3.8) is 0 Å². The number of urea groups is 2. The lowest BCUT2D eigenvalue weighted by atomic mass is 9.96. The molecule has 15 nitrogen and oxygen atoms in total. The number of fused-ring (bicyclic) bond motifs is 2. The van der Waals surface area contributed by atoms with Crippen LogP contribution in [0.25, 0.3) is 10.9 Å². The molecule has 5 heterocycles. The van der Waals surface area contributed by atoms with Gasteiger partial charge in [0, 0.05) is 57.1 Å². The summed E-state index contributed by atoms with van der Waals surface area (Å²) in [6.45, 7) is 10.7. The van der Waals surface area contributed by atoms with Crippen LogP contribution in [0.2, 0.25) is 0 Å². The Labute approximate surface area is 302 Å². The van der Waals surface area contributed by atoms with Crippen LogP contribution in [-0.2, 0) is 17.7 Å². The number of hydrazone groups is 1. The smallest absolute Gasteiger partial charge is 0.410 e. The predicted molar refractivity (Wildman–Crippen MR) is 193 cm³/mol. The molecule has 4 aliphatic heterocycles. The molecular formula is C36H48FN11O4. The maximum Gasteiger partial charge on any atom is 0.410 e. The maximum absolute atomic E-state index is 14.3. The van der Waals surface area contributed by atoms with Gasteiger partial charge in [0.25, 0.3) is 0 Å². The second-order valence-corrected chi connectivity index (χ2v) is 15.2. The summed E-state index contributed by atoms with van der Waals surface area (Å²) in [7, 11) is 0. The predicted octanol–water partition coefficient (Wildman–Crippen LogP) is 4.43. The molecule has 52 heavy (non-hydrogen) atoms. The molecule has 4 aliphatic rings. The third kappa shape index (κ3) is 7.71. The van der Waals surface area contributed by atoms with E-state index in [4.69, 9.17) is 4.74 Å². The number of hydrogen-bond acceptors (Lipinski definition) is 9. The van der Waals surface area contributed by atoms with Gasteiger partial charge in [-0.15, -0.1) is 10.6 Å². The van der Waals surface area contributed by atoms with Crippen molar-refractivity contribution in [3.05, 3.63) is 59.0 Å². The van der Waals surface area contributed by atoms with Gasteiger partial charge in [0.1, 0.15) is 11.4 Å². The van der Waals surface area contributed by atoms with E-state index in [0.717, 1.165) is 40.4 Å². The fourth-order valence-electron chi connectivity index (χ4n) is 7.61. The number of nitrogens with zero attached hydrogens (tertiary/aromatic N) is 6. The topological polar surface area (TPSA) is 163 Å². The molecule has 0 aliphatic carbocycles. The Kier molecular flexibility index (Phi) is 9.83. The van der Waals surface area contributed by atoms with Gasteiger partial charge in [-0.05, 0) is 88.1 Å². The van der Waals surface area contributed by atoms with Crippen LogP contribution in [-0.4, -0.2) is 104 Å². The van der Waals surface area contributed by atoms with Crippen molar-refractivity contribution in [2.45, 2.75) is 84.0 Å². The molecule has 7 rings (SSSR count). The molecule has 1 atom stereocenters. The lowest BCUT2D eigenvalue weighted by Crippen LogP contribution is -2.57. The molecule has 0 bridgehead atoms. The number of H-pyrrole nitrogens is 1. The molecule has 1 aromatic heterocycles. The molecule has 2 saturated heterocycles. The second-order valence-electron chi connectivity index (χ2n) is 15.2. The van der Waals surface area contributed by atoms with Gasteiger partial charge in [0.15, 0.2) is 5.84 Å². The average Bonchev–Trinajstić information content (AvgIpc) is 3.78. The summed E-state index contributed by atoms with van der Waals surface area (Å²) in [6, 6.07) is 7.92. The first-order chi connectivity index (χ1) is 24.9. The van der Waals surface area contributed by atoms with E-state index in [-0.39, 0.29) is 35.8 Å². The van der Waals surface area contributed by atoms with Crippen molar-refractivity contribution in [1.82, 2.24) is 46.3 Å². The number of carbonyl (C=O) groups excluding carboxylic acids is 3. The first-order valence-corrected chi connectivity index (χ1v) is 18.1. The third-order valence-electron chi connectivity index (χ3n) is 10.3. The number of aryl methyl sites for hydroxylation is 1. The monoisotopic (exact) mass is 717 g/mol. The molecule has 1 unspecified atom stereocenters. The van der Waals surface area contributed by atoms with Crippen molar-refractivity contribution in [1.29, 1.82) is 0 Å². The number of anilines is 1. The van der Waals surface area contributed by atoms with Crippen molar-refractivity contribution in [2.75, 3.05) is 38.0 Å². The van der Waals surface area contributed by atoms with E-state index < -0.39 is 17.5 Å². The summed E-state index contributed by atoms with van der Waals surface area (Å²) in [5.41, 5.74) is 9.58. The Morgan fingerprint density at radius 1 is 1.08 bits per heavy atom. The minimum absolute atomic E-state index is 0.0780. The molecule has 0 saturated carbocycles. The van der Waals surface area contributed by atoms with Crippen molar-refractivity contribution >= 4 is 40.6 Å². The van der Waals surface area contributed by atoms with Crippen LogP contribution in [0.15, 0.2) is 41.6 Å². The van der Waals surface area contributed by atoms with Crippen molar-refractivity contribution in [2.24, 2.45) is 11.0 Å². The number of nitrogens with one attached hydrogen (secondary N) is 5. The van der Waals surface area contributed by atoms with Crippen LogP contribution >= 0.6 is 0 Å². The highest BCUT2D eigenvalue weighted by molar-refractivity contribution is 5.93. The van der Waals surface area contributed by atoms with E-state index in [9.17, 15) is 18.8 Å². The van der Waals surface area contributed by atoms with E-state index in [1.165, 1.54) is 6.07 Å². The minimum atomic E-state index is -0.543. The summed E-state index contributed by atoms with van der Waals surface area (Å²) in [4.78, 5) is 44.8. The molecule has 0 spiro atoms. The molecular weight excluding hydrogens is 669 g/mol. The van der Waals surface area contributed by atoms with Crippen LogP contribution in [0.5, 0.6) is 0 Å². The largest absolute Gasteiger partial charge is 0.444 e. The number of amides is 5. The first-order valence-electron chi connectivity index (χ1n) is 18.1. The zero-order valence-electron chi connectivity index (χ0n) is 30.2. The first kappa shape index (κ1) is 35.3. The van der Waals surface area contributed by atoms with Gasteiger partial charge in [-0.25, -0.2) is 24.3 Å². The van der Waals surface area contributed by atoms with Gasteiger partial charge >= 0.3 is 18.2 Å². The van der Waals surface area contributed by atoms with Gasteiger partial charge in [-0.3, -0.25) is 10.1 Å². The molecule has 3 aromatic rings. The number of halogens is 1. The second kappa shape index (κ2) is 14.5. The Bertz CT molecular complexity index is 1840. The highest BCUT2D eigenvalue weighted by atomic mass is 19.1. The van der Waals surface area contributed by atoms with Crippen molar-refractivity contribution in [3.8, 4) is 0 Å². The van der Waals surface area contributed by atoms with E-state index in [1.54, 1.807) is 27.0 Å². The molecule has 5 N–H and O–H groups in total. The number of benzene rings is 2. The average molecular weight is 718 g/mol. The van der Waals surface area contributed by atoms with Gasteiger partial charge in [0.05, 0.1) is 23.4 Å². The zero-order chi connectivity index (χ0) is 36.6. The number of likely N-dealkylation sites (tertiary alicyclic amines) is 2. The van der Waals surface area contributed by atoms with Crippen LogP contribution in [0, 0.1) is 18.7 Å². The van der Waals surface area contributed by atoms with Crippen LogP contribution in [0.1, 0.15) is 63.1 Å². The maximum atomic E-state index is 14.3. The number of piperidine rings is 2. The Hall–Kier alpha value is -5.12. The SMILES string of the molecule is Cc1cc(CC(NC(=O)N2CCC(N3Cc4cccc(F)c4NC3=O)CC2)C2=NNNN2CC2CCN(C(=O)OC(C)(C)C)CC2)cc2cn[nH]c12. The standard InChI is InChI=1S/C36H48FN11O4/c1-22-16-24(17-26-19-38-41-30(22)26)18-29(32-42-43-44-48(32)20-23-8-12-46(13-9-23)35(51)52-36(2,3)4)39-33(49)45-14-10-27(11-15-45)47-21-25-6-5-7-28(37)31(25)40-34(47)50/h5-7,16-17,19,23,27,29,43-44H,8-15,18,20-21H2,1-4H3,(H,38,41)(H,39,49)(H,40,50). The van der Waals surface area contributed by atoms with E-state index in [1.807, 2.05) is 38.8 Å². The lowest BCUT2D eigenvalue weighted by molar-refractivity contribution is 0.0172. The molecule has 5 amide bonds. The molecule has 2 fully saturated rings. The zero-order valence-corrected chi connectivity index (χ0v) is 30.2. The summed E-state index contributed by atoms with van der Waals surface area (Å²) in [5, 5.41) is 20.8. The summed E-state index contributed by atoms with van der Waals surface area (Å²) in [6.07, 6.45) is 4.82. The summed E-state index contributed by atoms with van der Waals surface area (Å²) >= 11 is 0. The lowest BCUT2D eigenvalue weighted by Gasteiger charge is -2.41. The van der Waals surface area contributed by atoms with Gasteiger partial charge in [0.2, 0.25) is 0 Å². The van der Waals surface area contributed by atoms with Crippen LogP contribution in [0.3, 0.4) is 0 Å². The number of hydrogen-bond donors (Lipinski definition) is 5. The number of amidine groups is 1. The summed E-state index contributed by atoms with van der Waals surface area (Å²) < 4.78 is 19.9. The Balaban J connectivity index is 1.01.